The van der Waals surface area contributed by atoms with Crippen molar-refractivity contribution in [2.24, 2.45) is 0 Å². The van der Waals surface area contributed by atoms with E-state index in [9.17, 15) is 0 Å². The highest BCUT2D eigenvalue weighted by atomic mass is 16.3. The molecular weight excluding hydrogens is 294 g/mol. The van der Waals surface area contributed by atoms with Crippen LogP contribution in [0.5, 0.6) is 0 Å². The van der Waals surface area contributed by atoms with Crippen LogP contribution in [0, 0.1) is 0 Å². The Kier molecular flexibility index (Phi) is 20.9. The summed E-state index contributed by atoms with van der Waals surface area (Å²) in [7, 11) is 2.17. The van der Waals surface area contributed by atoms with E-state index < -0.39 is 0 Å². The van der Waals surface area contributed by atoms with Gasteiger partial charge >= 0.3 is 0 Å². The predicted molar refractivity (Wildman–Crippen MR) is 109 cm³/mol. The van der Waals surface area contributed by atoms with Gasteiger partial charge in [-0.2, -0.15) is 0 Å². The van der Waals surface area contributed by atoms with Crippen molar-refractivity contribution >= 4 is 0 Å². The van der Waals surface area contributed by atoms with Crippen LogP contribution in [0.1, 0.15) is 116 Å². The molecule has 0 spiro atoms. The van der Waals surface area contributed by atoms with Gasteiger partial charge in [0.1, 0.15) is 0 Å². The topological polar surface area (TPSA) is 23.5 Å². The molecule has 0 radical (unpaired) electrons. The summed E-state index contributed by atoms with van der Waals surface area (Å²) in [5.41, 5.74) is 0. The maximum atomic E-state index is 8.80. The van der Waals surface area contributed by atoms with Crippen molar-refractivity contribution in [1.82, 2.24) is 4.90 Å². The van der Waals surface area contributed by atoms with E-state index in [1.807, 2.05) is 0 Å². The van der Waals surface area contributed by atoms with Gasteiger partial charge in [0.2, 0.25) is 0 Å². The fraction of sp³-hybridized carbons (Fsp3) is 1.00. The van der Waals surface area contributed by atoms with Gasteiger partial charge in [0.15, 0.2) is 0 Å². The number of nitrogens with zero attached hydrogens (tertiary/aromatic N) is 1. The Morgan fingerprint density at radius 3 is 1.21 bits per heavy atom. The molecule has 24 heavy (non-hydrogen) atoms. The van der Waals surface area contributed by atoms with Gasteiger partial charge < -0.3 is 10.0 Å². The van der Waals surface area contributed by atoms with Crippen LogP contribution in [0.3, 0.4) is 0 Å². The van der Waals surface area contributed by atoms with E-state index in [1.54, 1.807) is 0 Å². The van der Waals surface area contributed by atoms with Gasteiger partial charge in [0.05, 0.1) is 0 Å². The van der Waals surface area contributed by atoms with Gasteiger partial charge in [-0.3, -0.25) is 0 Å². The number of aliphatic hydroxyl groups excluding tert-OH is 1. The SMILES string of the molecule is CCCCCCCCCCCCCCCCCCN(C)CCCO. The first-order chi connectivity index (χ1) is 11.8. The highest BCUT2D eigenvalue weighted by Crippen LogP contribution is 2.13. The first kappa shape index (κ1) is 23.9. The molecule has 0 rings (SSSR count). The van der Waals surface area contributed by atoms with Crippen molar-refractivity contribution in [3.8, 4) is 0 Å². The lowest BCUT2D eigenvalue weighted by atomic mass is 10.0. The fourth-order valence-electron chi connectivity index (χ4n) is 3.38. The molecule has 0 fully saturated rings. The summed E-state index contributed by atoms with van der Waals surface area (Å²) in [4.78, 5) is 2.35. The Morgan fingerprint density at radius 2 is 0.833 bits per heavy atom. The van der Waals surface area contributed by atoms with E-state index in [2.05, 4.69) is 18.9 Å². The van der Waals surface area contributed by atoms with Gasteiger partial charge in [0, 0.05) is 13.2 Å². The molecule has 0 aromatic rings. The van der Waals surface area contributed by atoms with Crippen LogP contribution >= 0.6 is 0 Å². The molecule has 1 N–H and O–H groups in total. The van der Waals surface area contributed by atoms with Gasteiger partial charge in [-0.25, -0.2) is 0 Å². The van der Waals surface area contributed by atoms with Crippen molar-refractivity contribution in [3.05, 3.63) is 0 Å². The molecule has 0 amide bonds. The van der Waals surface area contributed by atoms with Crippen molar-refractivity contribution in [2.75, 3.05) is 26.7 Å². The van der Waals surface area contributed by atoms with Gasteiger partial charge in [-0.05, 0) is 26.4 Å². The number of aliphatic hydroxyl groups is 1. The van der Waals surface area contributed by atoms with E-state index in [0.717, 1.165) is 13.0 Å². The minimum atomic E-state index is 0.323. The van der Waals surface area contributed by atoms with Crippen molar-refractivity contribution in [1.29, 1.82) is 0 Å². The van der Waals surface area contributed by atoms with E-state index in [4.69, 9.17) is 5.11 Å². The van der Waals surface area contributed by atoms with Crippen molar-refractivity contribution in [3.63, 3.8) is 0 Å². The molecule has 0 aliphatic carbocycles. The summed E-state index contributed by atoms with van der Waals surface area (Å²) >= 11 is 0. The summed E-state index contributed by atoms with van der Waals surface area (Å²) in [5, 5.41) is 8.80. The largest absolute Gasteiger partial charge is 0.396 e. The van der Waals surface area contributed by atoms with E-state index in [0.29, 0.717) is 6.61 Å². The summed E-state index contributed by atoms with van der Waals surface area (Å²) in [6, 6.07) is 0. The third-order valence-corrected chi connectivity index (χ3v) is 5.09. The zero-order valence-electron chi connectivity index (χ0n) is 17.0. The molecule has 0 bridgehead atoms. The lowest BCUT2D eigenvalue weighted by Crippen LogP contribution is -2.21. The van der Waals surface area contributed by atoms with E-state index >= 15 is 0 Å². The summed E-state index contributed by atoms with van der Waals surface area (Å²) in [5.74, 6) is 0. The lowest BCUT2D eigenvalue weighted by molar-refractivity contribution is 0.245. The molecule has 0 aliphatic rings. The monoisotopic (exact) mass is 341 g/mol. The third-order valence-electron chi connectivity index (χ3n) is 5.09. The molecule has 2 heteroatoms. The molecule has 0 unspecified atom stereocenters. The maximum Gasteiger partial charge on any atom is 0.0443 e. The summed E-state index contributed by atoms with van der Waals surface area (Å²) < 4.78 is 0. The Morgan fingerprint density at radius 1 is 0.500 bits per heavy atom. The lowest BCUT2D eigenvalue weighted by Gasteiger charge is -2.15. The molecule has 0 aliphatic heterocycles. The second-order valence-electron chi connectivity index (χ2n) is 7.68. The number of unbranched alkanes of at least 4 members (excludes halogenated alkanes) is 15. The second-order valence-corrected chi connectivity index (χ2v) is 7.68. The Hall–Kier alpha value is -0.0800. The van der Waals surface area contributed by atoms with Crippen LogP contribution in [-0.2, 0) is 0 Å². The highest BCUT2D eigenvalue weighted by Gasteiger charge is 1.98. The molecule has 2 nitrogen and oxygen atoms in total. The zero-order valence-corrected chi connectivity index (χ0v) is 17.0. The maximum absolute atomic E-state index is 8.80. The van der Waals surface area contributed by atoms with E-state index in [-0.39, 0.29) is 0 Å². The second kappa shape index (κ2) is 21.0. The van der Waals surface area contributed by atoms with E-state index in [1.165, 1.54) is 109 Å². The Labute approximate surface area is 153 Å². The predicted octanol–water partition coefficient (Wildman–Crippen LogP) is 6.56. The molecule has 0 saturated carbocycles. The molecule has 0 aromatic heterocycles. The van der Waals surface area contributed by atoms with Gasteiger partial charge in [-0.1, -0.05) is 103 Å². The summed E-state index contributed by atoms with van der Waals surface area (Å²) in [6.45, 7) is 4.84. The standard InChI is InChI=1S/C22H47NO/c1-3-4-5-6-7-8-9-10-11-12-13-14-15-16-17-18-20-23(2)21-19-22-24/h24H,3-22H2,1-2H3. The smallest absolute Gasteiger partial charge is 0.0443 e. The van der Waals surface area contributed by atoms with Crippen LogP contribution < -0.4 is 0 Å². The molecular formula is C22H47NO. The van der Waals surface area contributed by atoms with Crippen LogP contribution in [0.2, 0.25) is 0 Å². The van der Waals surface area contributed by atoms with Crippen LogP contribution in [0.25, 0.3) is 0 Å². The number of rotatable bonds is 20. The Balaban J connectivity index is 3.02. The number of hydrogen-bond acceptors (Lipinski definition) is 2. The third kappa shape index (κ3) is 20.0. The number of hydrogen-bond donors (Lipinski definition) is 1. The Bertz CT molecular complexity index is 220. The van der Waals surface area contributed by atoms with Gasteiger partial charge in [-0.15, -0.1) is 0 Å². The molecule has 146 valence electrons. The average Bonchev–Trinajstić information content (AvgIpc) is 2.59. The average molecular weight is 342 g/mol. The molecule has 0 saturated heterocycles. The molecule has 0 aromatic carbocycles. The minimum Gasteiger partial charge on any atom is -0.396 e. The van der Waals surface area contributed by atoms with Crippen LogP contribution in [-0.4, -0.2) is 36.8 Å². The zero-order chi connectivity index (χ0) is 17.7. The quantitative estimate of drug-likeness (QED) is 0.253. The first-order valence-corrected chi connectivity index (χ1v) is 11.1. The molecule has 0 atom stereocenters. The fourth-order valence-corrected chi connectivity index (χ4v) is 3.38. The molecule has 0 heterocycles. The van der Waals surface area contributed by atoms with Crippen molar-refractivity contribution < 1.29 is 5.11 Å². The van der Waals surface area contributed by atoms with Crippen molar-refractivity contribution in [2.45, 2.75) is 116 Å². The first-order valence-electron chi connectivity index (χ1n) is 11.1. The minimum absolute atomic E-state index is 0.323. The summed E-state index contributed by atoms with van der Waals surface area (Å²) in [6.07, 6.45) is 23.8. The van der Waals surface area contributed by atoms with Crippen LogP contribution in [0.4, 0.5) is 0 Å². The van der Waals surface area contributed by atoms with Gasteiger partial charge in [0.25, 0.3) is 0 Å². The van der Waals surface area contributed by atoms with Crippen LogP contribution in [0.15, 0.2) is 0 Å². The normalized spacial score (nSPS) is 11.5. The highest BCUT2D eigenvalue weighted by molar-refractivity contribution is 4.53.